The van der Waals surface area contributed by atoms with Crippen LogP contribution in [0.1, 0.15) is 96.5 Å². The number of fused-ring (bicyclic) bond motifs is 4. The number of carbonyl (C=O) groups excluding carboxylic acids is 3. The highest BCUT2D eigenvalue weighted by molar-refractivity contribution is 9.11. The van der Waals surface area contributed by atoms with Crippen molar-refractivity contribution in [3.8, 4) is 33.9 Å². The Morgan fingerprint density at radius 3 is 1.81 bits per heavy atom. The number of carboxylic acids is 1. The Balaban J connectivity index is 0.000000236. The van der Waals surface area contributed by atoms with Gasteiger partial charge in [-0.15, -0.1) is 0 Å². The molecule has 1 aliphatic carbocycles. The van der Waals surface area contributed by atoms with Crippen molar-refractivity contribution in [1.82, 2.24) is 4.58 Å². The van der Waals surface area contributed by atoms with E-state index in [1.165, 1.54) is 14.2 Å². The minimum absolute atomic E-state index is 0. The van der Waals surface area contributed by atoms with Crippen LogP contribution in [0.4, 0.5) is 5.69 Å². The molecule has 0 aromatic heterocycles. The molecule has 1 unspecified atom stereocenters. The zero-order valence-electron chi connectivity index (χ0n) is 39.3. The predicted octanol–water partition coefficient (Wildman–Crippen LogP) is 13.5. The van der Waals surface area contributed by atoms with Crippen LogP contribution >= 0.6 is 63.7 Å². The number of methoxy groups -OCH3 is 2. The molecule has 0 saturated carbocycles. The second-order valence-electron chi connectivity index (χ2n) is 15.8. The lowest BCUT2D eigenvalue weighted by Gasteiger charge is -2.32. The van der Waals surface area contributed by atoms with E-state index in [1.807, 2.05) is 62.4 Å². The molecule has 69 heavy (non-hydrogen) atoms. The van der Waals surface area contributed by atoms with Crippen molar-refractivity contribution in [1.29, 1.82) is 0 Å². The molecule has 0 fully saturated rings. The first-order valence-electron chi connectivity index (χ1n) is 22.0. The van der Waals surface area contributed by atoms with Crippen LogP contribution < -0.4 is 24.7 Å². The molecule has 0 radical (unpaired) electrons. The topological polar surface area (TPSA) is 121 Å². The Labute approximate surface area is 438 Å². The van der Waals surface area contributed by atoms with Gasteiger partial charge in [0, 0.05) is 72.1 Å². The molecule has 1 atom stereocenters. The third kappa shape index (κ3) is 11.7. The highest BCUT2D eigenvalue weighted by Gasteiger charge is 2.34. The van der Waals surface area contributed by atoms with E-state index in [1.54, 1.807) is 6.07 Å². The van der Waals surface area contributed by atoms with Crippen molar-refractivity contribution in [2.75, 3.05) is 45.3 Å². The lowest BCUT2D eigenvalue weighted by atomic mass is 9.80. The molecule has 0 bridgehead atoms. The number of aliphatic carboxylic acids is 1. The number of hydrogen-bond donors (Lipinski definition) is 0. The van der Waals surface area contributed by atoms with Gasteiger partial charge in [-0.25, -0.2) is 14.2 Å². The zero-order valence-corrected chi connectivity index (χ0v) is 45.7. The molecule has 14 heteroatoms. The summed E-state index contributed by atoms with van der Waals surface area (Å²) in [5, 5.41) is 10.9. The molecule has 0 saturated heterocycles. The summed E-state index contributed by atoms with van der Waals surface area (Å²) in [6.45, 7) is 17.2. The van der Waals surface area contributed by atoms with E-state index < -0.39 is 5.97 Å². The summed E-state index contributed by atoms with van der Waals surface area (Å²) in [5.41, 5.74) is 10.7. The van der Waals surface area contributed by atoms with Crippen molar-refractivity contribution >= 4 is 98.3 Å². The van der Waals surface area contributed by atoms with Crippen LogP contribution in [0.5, 0.6) is 11.5 Å². The van der Waals surface area contributed by atoms with Gasteiger partial charge in [-0.2, -0.15) is 0 Å². The average molecular weight is 1190 g/mol. The molecule has 8 rings (SSSR count). The second kappa shape index (κ2) is 24.0. The molecular weight excluding hydrogens is 1140 g/mol. The summed E-state index contributed by atoms with van der Waals surface area (Å²) in [6.07, 6.45) is 0. The summed E-state index contributed by atoms with van der Waals surface area (Å²) in [6, 6.07) is 31.8. The van der Waals surface area contributed by atoms with Gasteiger partial charge in [-0.05, 0) is 151 Å². The zero-order chi connectivity index (χ0) is 49.6. The van der Waals surface area contributed by atoms with Crippen LogP contribution in [-0.4, -0.2) is 58.3 Å². The Morgan fingerprint density at radius 2 is 1.20 bits per heavy atom. The van der Waals surface area contributed by atoms with Gasteiger partial charge in [-0.1, -0.05) is 75.7 Å². The standard InChI is InChI=1S/C26H25Br2NO3.C26H24Br2NO3.C2H4O2.CH4/c2*1-5-29(6-2)22-14-24-19(13-21(22)28)25(16-9-7-8-10-17(16)26(30)31-4)18-12-20(27)15(3)11-23(18)32-24;1-2(3)4;/h7-14,25H,5-6H2,1-4H3;7-14H,5-6H2,1-4H3;1H3,(H,3,4);1H4/q;+1;;/p-1. The molecule has 5 aromatic rings. The van der Waals surface area contributed by atoms with E-state index in [0.29, 0.717) is 11.1 Å². The number of carbonyl (C=O) groups is 3. The van der Waals surface area contributed by atoms with Crippen molar-refractivity contribution in [3.05, 3.63) is 159 Å². The number of esters is 2. The molecule has 362 valence electrons. The summed E-state index contributed by atoms with van der Waals surface area (Å²) in [4.78, 5) is 36.4. The van der Waals surface area contributed by atoms with E-state index in [2.05, 4.69) is 143 Å². The van der Waals surface area contributed by atoms with Crippen LogP contribution in [0.3, 0.4) is 0 Å². The molecule has 5 aromatic carbocycles. The number of ether oxygens (including phenoxy) is 3. The monoisotopic (exact) mass is 1190 g/mol. The summed E-state index contributed by atoms with van der Waals surface area (Å²) >= 11 is 14.9. The van der Waals surface area contributed by atoms with E-state index in [4.69, 9.17) is 28.5 Å². The van der Waals surface area contributed by atoms with Gasteiger partial charge >= 0.3 is 11.9 Å². The van der Waals surface area contributed by atoms with Crippen LogP contribution in [-0.2, 0) is 14.3 Å². The fraction of sp³-hybridized carbons (Fsp3) is 0.273. The van der Waals surface area contributed by atoms with Gasteiger partial charge in [0.2, 0.25) is 5.36 Å². The fourth-order valence-corrected chi connectivity index (χ4v) is 10.3. The number of benzene rings is 6. The number of carboxylic acid groups (broad SMARTS) is 1. The summed E-state index contributed by atoms with van der Waals surface area (Å²) in [7, 11) is 2.82. The normalized spacial score (nSPS) is 12.2. The molecule has 2 aliphatic heterocycles. The number of hydrogen-bond acceptors (Lipinski definition) is 9. The average Bonchev–Trinajstić information content (AvgIpc) is 3.32. The van der Waals surface area contributed by atoms with Crippen LogP contribution in [0.25, 0.3) is 33.4 Å². The van der Waals surface area contributed by atoms with Crippen molar-refractivity contribution < 1.29 is 38.1 Å². The Morgan fingerprint density at radius 1 is 0.667 bits per heavy atom. The highest BCUT2D eigenvalue weighted by atomic mass is 79.9. The van der Waals surface area contributed by atoms with Gasteiger partial charge in [0.05, 0.1) is 41.6 Å². The maximum absolute atomic E-state index is 12.6. The van der Waals surface area contributed by atoms with Gasteiger partial charge in [0.25, 0.3) is 0 Å². The maximum atomic E-state index is 12.6. The molecule has 0 spiro atoms. The van der Waals surface area contributed by atoms with Crippen LogP contribution in [0, 0.1) is 13.8 Å². The number of anilines is 1. The second-order valence-corrected chi connectivity index (χ2v) is 19.3. The first kappa shape index (κ1) is 54.7. The SMILES string of the molecule is C.CC(=O)[O-].CCN(CC)c1cc2c(cc1Br)C(c1ccccc1C(=O)OC)c1cc(Br)c(C)cc1O2.CC[N+](CC)=c1cc2oc3cc(C)c(Br)cc3c(-c3ccccc3C(=O)OC)c-2cc1Br. The lowest BCUT2D eigenvalue weighted by Crippen LogP contribution is -2.30. The predicted molar refractivity (Wildman–Crippen MR) is 289 cm³/mol. The highest BCUT2D eigenvalue weighted by Crippen LogP contribution is 2.52. The third-order valence-electron chi connectivity index (χ3n) is 11.8. The summed E-state index contributed by atoms with van der Waals surface area (Å²) < 4.78 is 29.3. The smallest absolute Gasteiger partial charge is 0.338 e. The quantitative estimate of drug-likeness (QED) is 0.0790. The van der Waals surface area contributed by atoms with Gasteiger partial charge < -0.3 is 33.4 Å². The Bertz CT molecular complexity index is 3080. The van der Waals surface area contributed by atoms with Gasteiger partial charge in [-0.3, -0.25) is 0 Å². The minimum atomic E-state index is -1.08. The van der Waals surface area contributed by atoms with Crippen LogP contribution in [0.15, 0.2) is 119 Å². The molecular formula is C55H56Br4N2O8. The largest absolute Gasteiger partial charge is 0.550 e. The van der Waals surface area contributed by atoms with Gasteiger partial charge in [0.1, 0.15) is 35.9 Å². The Kier molecular flexibility index (Phi) is 19.0. The van der Waals surface area contributed by atoms with E-state index in [-0.39, 0.29) is 25.3 Å². The molecule has 10 nitrogen and oxygen atoms in total. The van der Waals surface area contributed by atoms with E-state index in [9.17, 15) is 9.59 Å². The number of rotatable bonds is 9. The third-order valence-corrected chi connectivity index (χ3v) is 14.7. The van der Waals surface area contributed by atoms with E-state index in [0.717, 1.165) is 135 Å². The number of nitrogens with zero attached hydrogens (tertiary/aromatic N) is 2. The van der Waals surface area contributed by atoms with Gasteiger partial charge in [0.15, 0.2) is 0 Å². The van der Waals surface area contributed by atoms with Crippen molar-refractivity contribution in [2.45, 2.75) is 61.8 Å². The molecule has 0 amide bonds. The Hall–Kier alpha value is -5.28. The first-order chi connectivity index (χ1) is 32.5. The molecule has 2 heterocycles. The van der Waals surface area contributed by atoms with E-state index >= 15 is 0 Å². The summed E-state index contributed by atoms with van der Waals surface area (Å²) in [5.74, 6) is 0.388. The number of aryl methyl sites for hydroxylation is 2. The van der Waals surface area contributed by atoms with Crippen molar-refractivity contribution in [3.63, 3.8) is 0 Å². The fourth-order valence-electron chi connectivity index (χ4n) is 8.44. The van der Waals surface area contributed by atoms with Crippen LogP contribution in [0.2, 0.25) is 0 Å². The first-order valence-corrected chi connectivity index (χ1v) is 25.2. The molecule has 0 N–H and O–H groups in total. The number of halogens is 4. The minimum Gasteiger partial charge on any atom is -0.550 e. The molecule has 3 aliphatic rings. The maximum Gasteiger partial charge on any atom is 0.338 e. The van der Waals surface area contributed by atoms with Crippen molar-refractivity contribution in [2.24, 2.45) is 0 Å². The lowest BCUT2D eigenvalue weighted by molar-refractivity contribution is -0.302.